The molecule has 0 amide bonds. The minimum absolute atomic E-state index is 0.181. The van der Waals surface area contributed by atoms with Crippen LogP contribution in [0.25, 0.3) is 0 Å². The first-order chi connectivity index (χ1) is 10.3. The largest absolute Gasteiger partial charge is 0.0722 e. The average molecular weight is 369 g/mol. The molecule has 21 heavy (non-hydrogen) atoms. The lowest BCUT2D eigenvalue weighted by Gasteiger charge is -2.41. The molecule has 2 bridgehead atoms. The highest BCUT2D eigenvalue weighted by molar-refractivity contribution is 9.11. The van der Waals surface area contributed by atoms with Crippen molar-refractivity contribution in [2.24, 2.45) is 11.8 Å². The molecule has 0 aromatic carbocycles. The Hall–Kier alpha value is 0.650. The molecule has 0 heterocycles. The first-order valence-corrected chi connectivity index (χ1v) is 11.8. The summed E-state index contributed by atoms with van der Waals surface area (Å²) in [5, 5.41) is 2.01. The monoisotopic (exact) mass is 368 g/mol. The van der Waals surface area contributed by atoms with E-state index in [0.29, 0.717) is 0 Å². The number of hydrogen-bond acceptors (Lipinski definition) is 0. The van der Waals surface area contributed by atoms with Gasteiger partial charge in [-0.1, -0.05) is 62.4 Å². The lowest BCUT2D eigenvalue weighted by molar-refractivity contribution is 0.484. The molecule has 0 spiro atoms. The summed E-state index contributed by atoms with van der Waals surface area (Å²) in [4.78, 5) is 0. The maximum absolute atomic E-state index is 4.09. The van der Waals surface area contributed by atoms with E-state index in [9.17, 15) is 0 Å². The van der Waals surface area contributed by atoms with Gasteiger partial charge in [0.15, 0.2) is 0 Å². The van der Waals surface area contributed by atoms with Crippen LogP contribution in [0.3, 0.4) is 0 Å². The van der Waals surface area contributed by atoms with Crippen LogP contribution in [-0.4, -0.2) is 11.3 Å². The van der Waals surface area contributed by atoms with E-state index < -0.39 is 0 Å². The number of halogens is 1. The number of allylic oxidation sites excluding steroid dienone is 2. The lowest BCUT2D eigenvalue weighted by Crippen LogP contribution is -2.23. The lowest BCUT2D eigenvalue weighted by atomic mass is 9.99. The Labute approximate surface area is 140 Å². The summed E-state index contributed by atoms with van der Waals surface area (Å²) >= 11 is 4.09. The van der Waals surface area contributed by atoms with Gasteiger partial charge in [-0.15, -0.1) is 0 Å². The van der Waals surface area contributed by atoms with Gasteiger partial charge in [0.1, 0.15) is 0 Å². The van der Waals surface area contributed by atoms with Gasteiger partial charge in [0.25, 0.3) is 0 Å². The van der Waals surface area contributed by atoms with Crippen LogP contribution >= 0.6 is 23.9 Å². The number of rotatable bonds is 3. The predicted molar refractivity (Wildman–Crippen MR) is 97.5 cm³/mol. The Morgan fingerprint density at radius 2 is 1.19 bits per heavy atom. The quantitative estimate of drug-likeness (QED) is 0.463. The van der Waals surface area contributed by atoms with Gasteiger partial charge in [0.05, 0.1) is 0 Å². The van der Waals surface area contributed by atoms with E-state index in [1.54, 1.807) is 30.2 Å². The Bertz CT molecular complexity index is 386. The molecule has 0 aliphatic heterocycles. The standard InChI is InChI=1S/C19H30BrP/c20-18-14-11-12-15(13-14)19(18)21(16-7-3-1-4-8-16)17-9-5-2-6-10-17/h14-17H,1-13H2. The van der Waals surface area contributed by atoms with Crippen LogP contribution < -0.4 is 0 Å². The summed E-state index contributed by atoms with van der Waals surface area (Å²) in [5.74, 6) is 1.93. The van der Waals surface area contributed by atoms with E-state index in [1.165, 1.54) is 57.8 Å². The van der Waals surface area contributed by atoms with Crippen molar-refractivity contribution in [3.63, 3.8) is 0 Å². The molecule has 0 saturated heterocycles. The van der Waals surface area contributed by atoms with E-state index in [2.05, 4.69) is 15.9 Å². The van der Waals surface area contributed by atoms with E-state index >= 15 is 0 Å². The van der Waals surface area contributed by atoms with Crippen molar-refractivity contribution in [1.29, 1.82) is 0 Å². The third-order valence-corrected chi connectivity index (χ3v) is 11.8. The van der Waals surface area contributed by atoms with Crippen molar-refractivity contribution in [1.82, 2.24) is 0 Å². The second-order valence-corrected chi connectivity index (χ2v) is 11.5. The van der Waals surface area contributed by atoms with E-state index in [1.807, 2.05) is 5.31 Å². The Morgan fingerprint density at radius 3 is 1.67 bits per heavy atom. The van der Waals surface area contributed by atoms with Crippen LogP contribution in [0.1, 0.15) is 83.5 Å². The van der Waals surface area contributed by atoms with Crippen LogP contribution in [0.4, 0.5) is 0 Å². The summed E-state index contributed by atoms with van der Waals surface area (Å²) in [6.45, 7) is 0. The Morgan fingerprint density at radius 1 is 0.667 bits per heavy atom. The molecule has 4 aliphatic rings. The van der Waals surface area contributed by atoms with E-state index in [0.717, 1.165) is 23.2 Å². The summed E-state index contributed by atoms with van der Waals surface area (Å²) in [5.41, 5.74) is 2.19. The molecule has 0 nitrogen and oxygen atoms in total. The molecule has 2 heteroatoms. The molecule has 4 rings (SSSR count). The van der Waals surface area contributed by atoms with Gasteiger partial charge in [-0.2, -0.15) is 0 Å². The number of hydrogen-bond donors (Lipinski definition) is 0. The van der Waals surface area contributed by atoms with Gasteiger partial charge in [0.2, 0.25) is 0 Å². The highest BCUT2D eigenvalue weighted by Gasteiger charge is 2.45. The fourth-order valence-electron chi connectivity index (χ4n) is 5.61. The third kappa shape index (κ3) is 2.91. The van der Waals surface area contributed by atoms with Gasteiger partial charge in [-0.25, -0.2) is 0 Å². The molecular weight excluding hydrogens is 339 g/mol. The second-order valence-electron chi connectivity index (χ2n) is 7.93. The summed E-state index contributed by atoms with van der Waals surface area (Å²) < 4.78 is 1.72. The molecule has 3 fully saturated rings. The van der Waals surface area contributed by atoms with Crippen molar-refractivity contribution in [2.45, 2.75) is 94.8 Å². The molecule has 0 radical (unpaired) electrons. The molecule has 118 valence electrons. The topological polar surface area (TPSA) is 0 Å². The highest BCUT2D eigenvalue weighted by Crippen LogP contribution is 2.69. The van der Waals surface area contributed by atoms with Crippen molar-refractivity contribution >= 4 is 23.9 Å². The van der Waals surface area contributed by atoms with Crippen LogP contribution in [-0.2, 0) is 0 Å². The normalized spacial score (nSPS) is 35.1. The predicted octanol–water partition coefficient (Wildman–Crippen LogP) is 7.17. The first kappa shape index (κ1) is 15.2. The van der Waals surface area contributed by atoms with Gasteiger partial charge < -0.3 is 0 Å². The molecule has 3 saturated carbocycles. The Balaban J connectivity index is 1.62. The zero-order valence-corrected chi connectivity index (χ0v) is 15.8. The average Bonchev–Trinajstić information content (AvgIpc) is 3.13. The SMILES string of the molecule is BrC1=C(P(C2CCCCC2)C2CCCCC2)C2CCC1C2. The van der Waals surface area contributed by atoms with E-state index in [4.69, 9.17) is 0 Å². The van der Waals surface area contributed by atoms with Crippen molar-refractivity contribution in [3.8, 4) is 0 Å². The molecule has 0 aromatic heterocycles. The smallest absolute Gasteiger partial charge is 0.00215 e. The van der Waals surface area contributed by atoms with Crippen molar-refractivity contribution < 1.29 is 0 Å². The van der Waals surface area contributed by atoms with Gasteiger partial charge in [0, 0.05) is 4.48 Å². The van der Waals surface area contributed by atoms with Crippen LogP contribution in [0.15, 0.2) is 9.80 Å². The molecule has 2 atom stereocenters. The zero-order chi connectivity index (χ0) is 14.2. The summed E-state index contributed by atoms with van der Waals surface area (Å²) in [7, 11) is 0.181. The molecule has 2 unspecified atom stereocenters. The fraction of sp³-hybridized carbons (Fsp3) is 0.895. The van der Waals surface area contributed by atoms with Gasteiger partial charge in [-0.05, 0) is 73.4 Å². The van der Waals surface area contributed by atoms with Crippen LogP contribution in [0, 0.1) is 11.8 Å². The van der Waals surface area contributed by atoms with Crippen LogP contribution in [0.5, 0.6) is 0 Å². The van der Waals surface area contributed by atoms with Crippen molar-refractivity contribution in [3.05, 3.63) is 9.80 Å². The minimum atomic E-state index is 0.181. The Kier molecular flexibility index (Phi) is 4.80. The van der Waals surface area contributed by atoms with Gasteiger partial charge in [-0.3, -0.25) is 0 Å². The third-order valence-electron chi connectivity index (χ3n) is 6.64. The summed E-state index contributed by atoms with van der Waals surface area (Å²) in [6, 6.07) is 0. The fourth-order valence-corrected chi connectivity index (χ4v) is 11.3. The zero-order valence-electron chi connectivity index (χ0n) is 13.3. The first-order valence-electron chi connectivity index (χ1n) is 9.52. The van der Waals surface area contributed by atoms with Crippen LogP contribution in [0.2, 0.25) is 0 Å². The van der Waals surface area contributed by atoms with E-state index in [-0.39, 0.29) is 7.92 Å². The van der Waals surface area contributed by atoms with Crippen molar-refractivity contribution in [2.75, 3.05) is 0 Å². The molecule has 4 aliphatic carbocycles. The molecule has 0 N–H and O–H groups in total. The summed E-state index contributed by atoms with van der Waals surface area (Å²) in [6.07, 6.45) is 19.9. The maximum Gasteiger partial charge on any atom is 0.00215 e. The highest BCUT2D eigenvalue weighted by atomic mass is 79.9. The maximum atomic E-state index is 4.09. The second kappa shape index (κ2) is 6.64. The minimum Gasteiger partial charge on any atom is -0.0722 e. The number of fused-ring (bicyclic) bond motifs is 2. The molecule has 0 aromatic rings. The molecular formula is C19H30BrP. The van der Waals surface area contributed by atoms with Gasteiger partial charge >= 0.3 is 0 Å².